The van der Waals surface area contributed by atoms with E-state index in [2.05, 4.69) is 0 Å². The average Bonchev–Trinajstić information content (AvgIpc) is 2.84. The zero-order valence-corrected chi connectivity index (χ0v) is 21.1. The van der Waals surface area contributed by atoms with Crippen LogP contribution in [0.5, 0.6) is 0 Å². The summed E-state index contributed by atoms with van der Waals surface area (Å²) in [6.45, 7) is 8.59. The van der Waals surface area contributed by atoms with Crippen LogP contribution in [0.2, 0.25) is 0 Å². The van der Waals surface area contributed by atoms with Gasteiger partial charge in [0.25, 0.3) is 0 Å². The summed E-state index contributed by atoms with van der Waals surface area (Å²) in [4.78, 5) is 25.2. The molecular formula is C29H40O5. The lowest BCUT2D eigenvalue weighted by atomic mass is 9.76. The first-order chi connectivity index (χ1) is 16.2. The predicted octanol–water partition coefficient (Wildman–Crippen LogP) is 5.76. The van der Waals surface area contributed by atoms with E-state index in [1.54, 1.807) is 6.92 Å². The van der Waals surface area contributed by atoms with E-state index in [0.717, 1.165) is 36.0 Å². The maximum Gasteiger partial charge on any atom is 0.316 e. The van der Waals surface area contributed by atoms with Crippen LogP contribution >= 0.6 is 0 Å². The Bertz CT molecular complexity index is 906. The molecule has 0 saturated heterocycles. The Hall–Kier alpha value is -2.66. The highest BCUT2D eigenvalue weighted by Crippen LogP contribution is 2.34. The number of esters is 2. The molecule has 0 aliphatic rings. The molecule has 34 heavy (non-hydrogen) atoms. The first-order valence-corrected chi connectivity index (χ1v) is 12.3. The van der Waals surface area contributed by atoms with Crippen LogP contribution in [0.3, 0.4) is 0 Å². The van der Waals surface area contributed by atoms with Gasteiger partial charge >= 0.3 is 11.9 Å². The molecule has 0 fully saturated rings. The van der Waals surface area contributed by atoms with Crippen LogP contribution in [-0.4, -0.2) is 30.3 Å². The molecule has 0 aromatic heterocycles. The maximum absolute atomic E-state index is 13.4. The lowest BCUT2D eigenvalue weighted by molar-refractivity contribution is -0.152. The lowest BCUT2D eigenvalue weighted by Crippen LogP contribution is -2.34. The van der Waals surface area contributed by atoms with E-state index in [1.165, 1.54) is 0 Å². The molecule has 0 aliphatic carbocycles. The van der Waals surface area contributed by atoms with Gasteiger partial charge in [-0.3, -0.25) is 9.59 Å². The number of aliphatic hydroxyl groups is 1. The minimum Gasteiger partial charge on any atom is -0.466 e. The van der Waals surface area contributed by atoms with Gasteiger partial charge in [0.2, 0.25) is 0 Å². The van der Waals surface area contributed by atoms with Crippen LogP contribution in [0.1, 0.15) is 76.5 Å². The van der Waals surface area contributed by atoms with Crippen LogP contribution in [0, 0.1) is 5.41 Å². The second-order valence-electron chi connectivity index (χ2n) is 9.93. The van der Waals surface area contributed by atoms with Gasteiger partial charge in [0.05, 0.1) is 12.0 Å². The molecule has 5 heteroatoms. The van der Waals surface area contributed by atoms with Gasteiger partial charge in [0.15, 0.2) is 0 Å². The minimum atomic E-state index is -0.807. The van der Waals surface area contributed by atoms with E-state index < -0.39 is 5.41 Å². The summed E-state index contributed by atoms with van der Waals surface area (Å²) in [6.07, 6.45) is 4.15. The molecule has 0 saturated carbocycles. The second-order valence-corrected chi connectivity index (χ2v) is 9.93. The van der Waals surface area contributed by atoms with Crippen LogP contribution in [0.15, 0.2) is 54.6 Å². The fourth-order valence-electron chi connectivity index (χ4n) is 3.96. The van der Waals surface area contributed by atoms with Gasteiger partial charge in [0, 0.05) is 13.0 Å². The van der Waals surface area contributed by atoms with Crippen molar-refractivity contribution in [1.82, 2.24) is 0 Å². The summed E-state index contributed by atoms with van der Waals surface area (Å²) >= 11 is 0. The zero-order valence-electron chi connectivity index (χ0n) is 21.1. The maximum atomic E-state index is 13.4. The molecule has 2 aromatic carbocycles. The molecular weight excluding hydrogens is 428 g/mol. The zero-order chi connectivity index (χ0) is 25.0. The number of carbonyl (C=O) groups is 2. The SMILES string of the molecule is CCOC(=O)CCc1cccc(C(C)(CCCCC(C)(C)CO)C(=O)OCc2ccccc2)c1. The number of hydrogen-bond acceptors (Lipinski definition) is 5. The van der Waals surface area contributed by atoms with Crippen LogP contribution in [0.25, 0.3) is 0 Å². The number of aryl methyl sites for hydroxylation is 1. The Morgan fingerprint density at radius 1 is 0.882 bits per heavy atom. The van der Waals surface area contributed by atoms with Crippen molar-refractivity contribution in [1.29, 1.82) is 0 Å². The van der Waals surface area contributed by atoms with E-state index in [1.807, 2.05) is 75.4 Å². The van der Waals surface area contributed by atoms with Crippen molar-refractivity contribution in [2.24, 2.45) is 5.41 Å². The number of carbonyl (C=O) groups excluding carboxylic acids is 2. The summed E-state index contributed by atoms with van der Waals surface area (Å²) in [5, 5.41) is 9.54. The molecule has 2 aromatic rings. The minimum absolute atomic E-state index is 0.128. The average molecular weight is 469 g/mol. The third-order valence-corrected chi connectivity index (χ3v) is 6.36. The number of aliphatic hydroxyl groups excluding tert-OH is 1. The molecule has 0 radical (unpaired) electrons. The molecule has 5 nitrogen and oxygen atoms in total. The summed E-state index contributed by atoms with van der Waals surface area (Å²) in [7, 11) is 0. The molecule has 186 valence electrons. The van der Waals surface area contributed by atoms with Gasteiger partial charge in [0.1, 0.15) is 6.61 Å². The van der Waals surface area contributed by atoms with Crippen LogP contribution in [-0.2, 0) is 37.5 Å². The topological polar surface area (TPSA) is 72.8 Å². The van der Waals surface area contributed by atoms with Crippen molar-refractivity contribution in [2.45, 2.75) is 78.2 Å². The molecule has 1 atom stereocenters. The predicted molar refractivity (Wildman–Crippen MR) is 134 cm³/mol. The summed E-state index contributed by atoms with van der Waals surface area (Å²) in [5.74, 6) is -0.468. The van der Waals surface area contributed by atoms with Crippen molar-refractivity contribution in [2.75, 3.05) is 13.2 Å². The van der Waals surface area contributed by atoms with E-state index in [-0.39, 0.29) is 30.6 Å². The van der Waals surface area contributed by atoms with E-state index >= 15 is 0 Å². The van der Waals surface area contributed by atoms with Gasteiger partial charge in [-0.15, -0.1) is 0 Å². The van der Waals surface area contributed by atoms with Crippen molar-refractivity contribution in [3.63, 3.8) is 0 Å². The third kappa shape index (κ3) is 8.60. The monoisotopic (exact) mass is 468 g/mol. The largest absolute Gasteiger partial charge is 0.466 e. The van der Waals surface area contributed by atoms with E-state index in [9.17, 15) is 14.7 Å². The Morgan fingerprint density at radius 2 is 1.56 bits per heavy atom. The van der Waals surface area contributed by atoms with Gasteiger partial charge in [-0.1, -0.05) is 81.3 Å². The molecule has 0 bridgehead atoms. The smallest absolute Gasteiger partial charge is 0.316 e. The number of rotatable bonds is 14. The highest BCUT2D eigenvalue weighted by Gasteiger charge is 2.36. The Morgan fingerprint density at radius 3 is 2.24 bits per heavy atom. The Balaban J connectivity index is 2.17. The van der Waals surface area contributed by atoms with Crippen LogP contribution < -0.4 is 0 Å². The Kier molecular flexibility index (Phi) is 10.8. The molecule has 2 rings (SSSR count). The normalized spacial score (nSPS) is 13.2. The van der Waals surface area contributed by atoms with Crippen molar-refractivity contribution < 1.29 is 24.2 Å². The highest BCUT2D eigenvalue weighted by molar-refractivity contribution is 5.82. The van der Waals surface area contributed by atoms with Crippen molar-refractivity contribution in [3.8, 4) is 0 Å². The number of hydrogen-bond donors (Lipinski definition) is 1. The quantitative estimate of drug-likeness (QED) is 0.282. The van der Waals surface area contributed by atoms with Crippen LogP contribution in [0.4, 0.5) is 0 Å². The van der Waals surface area contributed by atoms with Gasteiger partial charge < -0.3 is 14.6 Å². The molecule has 1 unspecified atom stereocenters. The van der Waals surface area contributed by atoms with Crippen molar-refractivity contribution >= 4 is 11.9 Å². The molecule has 0 amide bonds. The first kappa shape index (κ1) is 27.6. The lowest BCUT2D eigenvalue weighted by Gasteiger charge is -2.29. The molecule has 0 aliphatic heterocycles. The third-order valence-electron chi connectivity index (χ3n) is 6.36. The number of ether oxygens (including phenoxy) is 2. The van der Waals surface area contributed by atoms with Gasteiger partial charge in [-0.2, -0.15) is 0 Å². The molecule has 0 spiro atoms. The standard InChI is InChI=1S/C29H40O5/c1-5-33-26(31)17-16-23-14-11-15-25(20-23)29(4,19-10-9-18-28(2,3)22-30)27(32)34-21-24-12-7-6-8-13-24/h6-8,11-15,20,30H,5,9-10,16-19,21-22H2,1-4H3. The van der Waals surface area contributed by atoms with Gasteiger partial charge in [-0.05, 0) is 55.2 Å². The first-order valence-electron chi connectivity index (χ1n) is 12.3. The second kappa shape index (κ2) is 13.3. The summed E-state index contributed by atoms with van der Waals surface area (Å²) < 4.78 is 10.8. The molecule has 1 N–H and O–H groups in total. The highest BCUT2D eigenvalue weighted by atomic mass is 16.5. The van der Waals surface area contributed by atoms with E-state index in [0.29, 0.717) is 25.9 Å². The fraction of sp³-hybridized carbons (Fsp3) is 0.517. The Labute approximate surface area is 204 Å². The summed E-state index contributed by atoms with van der Waals surface area (Å²) in [5.41, 5.74) is 1.91. The van der Waals surface area contributed by atoms with Gasteiger partial charge in [-0.25, -0.2) is 0 Å². The fourth-order valence-corrected chi connectivity index (χ4v) is 3.96. The number of benzene rings is 2. The number of unbranched alkanes of at least 4 members (excludes halogenated alkanes) is 1. The molecule has 0 heterocycles. The van der Waals surface area contributed by atoms with Crippen molar-refractivity contribution in [3.05, 3.63) is 71.3 Å². The summed E-state index contributed by atoms with van der Waals surface area (Å²) in [6, 6.07) is 17.6. The van der Waals surface area contributed by atoms with E-state index in [4.69, 9.17) is 9.47 Å².